The molecule has 2 rings (SSSR count). The molecule has 1 amide bonds. The molecule has 2 N–H and O–H groups in total. The van der Waals surface area contributed by atoms with Gasteiger partial charge in [0.25, 0.3) is 5.91 Å². The lowest BCUT2D eigenvalue weighted by Gasteiger charge is -2.37. The predicted octanol–water partition coefficient (Wildman–Crippen LogP) is 2.43. The Morgan fingerprint density at radius 3 is 2.83 bits per heavy atom. The van der Waals surface area contributed by atoms with Gasteiger partial charge in [0.2, 0.25) is 0 Å². The van der Waals surface area contributed by atoms with Crippen molar-refractivity contribution in [3.05, 3.63) is 35.1 Å². The topological polar surface area (TPSA) is 50.4 Å². The van der Waals surface area contributed by atoms with E-state index in [-0.39, 0.29) is 17.1 Å². The molecule has 128 valence electrons. The lowest BCUT2D eigenvalue weighted by atomic mass is 9.79. The number of rotatable bonds is 7. The number of halogens is 1. The summed E-state index contributed by atoms with van der Waals surface area (Å²) >= 11 is 1.54. The highest BCUT2D eigenvalue weighted by atomic mass is 32.2. The molecule has 6 heteroatoms. The number of ether oxygens (including phenoxy) is 1. The van der Waals surface area contributed by atoms with E-state index < -0.39 is 0 Å². The highest BCUT2D eigenvalue weighted by Gasteiger charge is 2.32. The summed E-state index contributed by atoms with van der Waals surface area (Å²) in [5, 5.41) is 6.34. The molecule has 0 spiro atoms. The second-order valence-corrected chi connectivity index (χ2v) is 6.97. The predicted molar refractivity (Wildman–Crippen MR) is 92.4 cm³/mol. The minimum Gasteiger partial charge on any atom is -0.384 e. The van der Waals surface area contributed by atoms with E-state index >= 15 is 0 Å². The van der Waals surface area contributed by atoms with E-state index in [1.54, 1.807) is 19.2 Å². The van der Waals surface area contributed by atoms with Crippen molar-refractivity contribution in [3.8, 4) is 0 Å². The molecule has 0 unspecified atom stereocenters. The number of carbonyl (C=O) groups excluding carboxylic acids is 1. The van der Waals surface area contributed by atoms with Crippen LogP contribution in [0.5, 0.6) is 0 Å². The molecular formula is C17H25FN2O2S. The molecule has 0 aliphatic carbocycles. The van der Waals surface area contributed by atoms with Crippen LogP contribution in [0.1, 0.15) is 28.8 Å². The van der Waals surface area contributed by atoms with Crippen LogP contribution in [0, 0.1) is 11.2 Å². The fourth-order valence-electron chi connectivity index (χ4n) is 2.99. The molecule has 1 aliphatic heterocycles. The summed E-state index contributed by atoms with van der Waals surface area (Å²) in [4.78, 5) is 12.4. The van der Waals surface area contributed by atoms with Crippen molar-refractivity contribution in [3.63, 3.8) is 0 Å². The van der Waals surface area contributed by atoms with Gasteiger partial charge in [-0.1, -0.05) is 0 Å². The van der Waals surface area contributed by atoms with Gasteiger partial charge in [-0.15, -0.1) is 0 Å². The third-order valence-electron chi connectivity index (χ3n) is 4.35. The molecule has 1 aromatic rings. The fraction of sp³-hybridized carbons (Fsp3) is 0.588. The summed E-state index contributed by atoms with van der Waals surface area (Å²) in [6.07, 6.45) is 3.86. The Hall–Kier alpha value is -1.11. The zero-order valence-electron chi connectivity index (χ0n) is 13.8. The molecule has 0 atom stereocenters. The molecule has 1 saturated heterocycles. The lowest BCUT2D eigenvalue weighted by molar-refractivity contribution is 0.0511. The molecule has 0 bridgehead atoms. The van der Waals surface area contributed by atoms with E-state index in [4.69, 9.17) is 4.74 Å². The van der Waals surface area contributed by atoms with E-state index in [0.717, 1.165) is 25.9 Å². The maximum Gasteiger partial charge on any atom is 0.251 e. The molecule has 0 radical (unpaired) electrons. The van der Waals surface area contributed by atoms with Gasteiger partial charge in [0.05, 0.1) is 6.61 Å². The van der Waals surface area contributed by atoms with Gasteiger partial charge in [-0.05, 0) is 55.9 Å². The van der Waals surface area contributed by atoms with Crippen LogP contribution in [0.3, 0.4) is 0 Å². The van der Waals surface area contributed by atoms with Gasteiger partial charge < -0.3 is 15.4 Å². The maximum atomic E-state index is 13.7. The monoisotopic (exact) mass is 340 g/mol. The maximum absolute atomic E-state index is 13.7. The van der Waals surface area contributed by atoms with Gasteiger partial charge in [0, 0.05) is 30.4 Å². The minimum atomic E-state index is -0.259. The number of methoxy groups -OCH3 is 1. The first-order valence-corrected chi connectivity index (χ1v) is 9.25. The van der Waals surface area contributed by atoms with Crippen molar-refractivity contribution >= 4 is 17.7 Å². The van der Waals surface area contributed by atoms with Crippen LogP contribution in [0.4, 0.5) is 4.39 Å². The minimum absolute atomic E-state index is 0.0161. The fourth-order valence-corrected chi connectivity index (χ4v) is 3.52. The Morgan fingerprint density at radius 1 is 1.43 bits per heavy atom. The SMILES string of the molecule is COCC1(CNC(=O)c2ccc(F)c(CSC)c2)CCNCC1. The Bertz CT molecular complexity index is 528. The van der Waals surface area contributed by atoms with Crippen LogP contribution in [-0.2, 0) is 10.5 Å². The molecule has 4 nitrogen and oxygen atoms in total. The van der Waals surface area contributed by atoms with Crippen LogP contribution < -0.4 is 10.6 Å². The molecule has 1 heterocycles. The Labute approximate surface area is 141 Å². The summed E-state index contributed by atoms with van der Waals surface area (Å²) in [5.74, 6) is 0.151. The first-order valence-electron chi connectivity index (χ1n) is 7.85. The Morgan fingerprint density at radius 2 is 2.17 bits per heavy atom. The van der Waals surface area contributed by atoms with Gasteiger partial charge >= 0.3 is 0 Å². The molecular weight excluding hydrogens is 315 g/mol. The van der Waals surface area contributed by atoms with Crippen molar-refractivity contribution in [2.45, 2.75) is 18.6 Å². The van der Waals surface area contributed by atoms with Gasteiger partial charge in [-0.3, -0.25) is 4.79 Å². The number of hydrogen-bond donors (Lipinski definition) is 2. The van der Waals surface area contributed by atoms with Gasteiger partial charge in [-0.25, -0.2) is 4.39 Å². The quantitative estimate of drug-likeness (QED) is 0.800. The van der Waals surface area contributed by atoms with E-state index in [9.17, 15) is 9.18 Å². The number of benzene rings is 1. The summed E-state index contributed by atoms with van der Waals surface area (Å²) < 4.78 is 19.0. The summed E-state index contributed by atoms with van der Waals surface area (Å²) in [5.41, 5.74) is 1.06. The van der Waals surface area contributed by atoms with Gasteiger partial charge in [-0.2, -0.15) is 11.8 Å². The smallest absolute Gasteiger partial charge is 0.251 e. The van der Waals surface area contributed by atoms with E-state index in [0.29, 0.717) is 30.0 Å². The van der Waals surface area contributed by atoms with Crippen molar-refractivity contribution < 1.29 is 13.9 Å². The zero-order valence-corrected chi connectivity index (χ0v) is 14.6. The highest BCUT2D eigenvalue weighted by Crippen LogP contribution is 2.28. The number of amides is 1. The molecule has 1 aliphatic rings. The molecule has 0 saturated carbocycles. The van der Waals surface area contributed by atoms with E-state index in [2.05, 4.69) is 10.6 Å². The third kappa shape index (κ3) is 4.93. The van der Waals surface area contributed by atoms with Crippen molar-refractivity contribution in [2.24, 2.45) is 5.41 Å². The Balaban J connectivity index is 2.01. The van der Waals surface area contributed by atoms with Crippen LogP contribution in [0.2, 0.25) is 0 Å². The van der Waals surface area contributed by atoms with Crippen molar-refractivity contribution in [1.29, 1.82) is 0 Å². The second-order valence-electron chi connectivity index (χ2n) is 6.10. The average Bonchev–Trinajstić information content (AvgIpc) is 2.56. The summed E-state index contributed by atoms with van der Waals surface area (Å²) in [6, 6.07) is 4.56. The highest BCUT2D eigenvalue weighted by molar-refractivity contribution is 7.97. The molecule has 1 fully saturated rings. The van der Waals surface area contributed by atoms with Crippen LogP contribution in [0.25, 0.3) is 0 Å². The van der Waals surface area contributed by atoms with Gasteiger partial charge in [0.15, 0.2) is 0 Å². The normalized spacial score (nSPS) is 17.0. The Kier molecular flexibility index (Phi) is 6.87. The summed E-state index contributed by atoms with van der Waals surface area (Å²) in [6.45, 7) is 3.09. The lowest BCUT2D eigenvalue weighted by Crippen LogP contribution is -2.47. The van der Waals surface area contributed by atoms with Crippen molar-refractivity contribution in [1.82, 2.24) is 10.6 Å². The van der Waals surface area contributed by atoms with E-state index in [1.165, 1.54) is 17.8 Å². The van der Waals surface area contributed by atoms with Crippen LogP contribution in [-0.4, -0.2) is 45.5 Å². The average molecular weight is 340 g/mol. The number of nitrogens with one attached hydrogen (secondary N) is 2. The van der Waals surface area contributed by atoms with Crippen LogP contribution >= 0.6 is 11.8 Å². The number of hydrogen-bond acceptors (Lipinski definition) is 4. The van der Waals surface area contributed by atoms with Crippen LogP contribution in [0.15, 0.2) is 18.2 Å². The van der Waals surface area contributed by atoms with Gasteiger partial charge in [0.1, 0.15) is 5.82 Å². The molecule has 0 aromatic heterocycles. The molecule has 1 aromatic carbocycles. The largest absolute Gasteiger partial charge is 0.384 e. The zero-order chi connectivity index (χ0) is 16.7. The third-order valence-corrected chi connectivity index (χ3v) is 4.95. The summed E-state index contributed by atoms with van der Waals surface area (Å²) in [7, 11) is 1.69. The van der Waals surface area contributed by atoms with E-state index in [1.807, 2.05) is 6.26 Å². The van der Waals surface area contributed by atoms with Crippen molar-refractivity contribution in [2.75, 3.05) is 39.6 Å². The number of carbonyl (C=O) groups is 1. The number of piperidine rings is 1. The standard InChI is InChI=1S/C17H25FN2O2S/c1-22-12-17(5-7-19-8-6-17)11-20-16(21)13-3-4-15(18)14(9-13)10-23-2/h3-4,9,19H,5-8,10-12H2,1-2H3,(H,20,21). The second kappa shape index (κ2) is 8.66. The molecule has 23 heavy (non-hydrogen) atoms. The first kappa shape index (κ1) is 18.2. The number of thioether (sulfide) groups is 1. The first-order chi connectivity index (χ1) is 11.1.